The highest BCUT2D eigenvalue weighted by Crippen LogP contribution is 2.70. The average molecular weight is 747 g/mol. The van der Waals surface area contributed by atoms with Gasteiger partial charge < -0.3 is 69.6 Å². The van der Waals surface area contributed by atoms with Crippen LogP contribution in [0.4, 0.5) is 0 Å². The van der Waals surface area contributed by atoms with Crippen molar-refractivity contribution < 1.29 is 69.6 Å². The van der Waals surface area contributed by atoms with E-state index in [4.69, 9.17) is 23.7 Å². The Bertz CT molecular complexity index is 1210. The monoisotopic (exact) mass is 746 g/mol. The number of hydrogen-bond acceptors (Lipinski definition) is 14. The van der Waals surface area contributed by atoms with E-state index in [9.17, 15) is 46.0 Å². The quantitative estimate of drug-likeness (QED) is 0.136. The topological polar surface area (TPSA) is 228 Å². The molecule has 0 radical (unpaired) electrons. The van der Waals surface area contributed by atoms with Crippen molar-refractivity contribution in [3.63, 3.8) is 0 Å². The highest BCUT2D eigenvalue weighted by atomic mass is 16.8. The second-order valence-corrected chi connectivity index (χ2v) is 18.1. The summed E-state index contributed by atoms with van der Waals surface area (Å²) in [5.74, 6) is -0.947. The van der Waals surface area contributed by atoms with E-state index in [1.54, 1.807) is 0 Å². The van der Waals surface area contributed by atoms with Gasteiger partial charge in [-0.1, -0.05) is 34.6 Å². The third kappa shape index (κ3) is 6.82. The minimum absolute atomic E-state index is 0.0341. The molecule has 2 saturated heterocycles. The summed E-state index contributed by atoms with van der Waals surface area (Å²) in [5.41, 5.74) is -2.27. The summed E-state index contributed by atoms with van der Waals surface area (Å²) in [6, 6.07) is 0. The molecule has 9 N–H and O–H groups in total. The molecular formula is C38H66O14. The first-order chi connectivity index (χ1) is 24.4. The molecule has 6 aliphatic rings. The van der Waals surface area contributed by atoms with Gasteiger partial charge in [-0.15, -0.1) is 0 Å². The number of ether oxygens (including phenoxy) is 5. The Labute approximate surface area is 307 Å². The van der Waals surface area contributed by atoms with E-state index in [1.165, 1.54) is 7.11 Å². The van der Waals surface area contributed by atoms with E-state index in [2.05, 4.69) is 13.8 Å². The number of aliphatic hydroxyl groups excluding tert-OH is 8. The lowest BCUT2D eigenvalue weighted by molar-refractivity contribution is -0.311. The number of rotatable bonds is 11. The minimum atomic E-state index is -1.31. The zero-order valence-electron chi connectivity index (χ0n) is 31.6. The van der Waals surface area contributed by atoms with Gasteiger partial charge in [-0.2, -0.15) is 0 Å². The van der Waals surface area contributed by atoms with Crippen LogP contribution in [0.15, 0.2) is 0 Å². The molecule has 14 heteroatoms. The molecule has 14 nitrogen and oxygen atoms in total. The van der Waals surface area contributed by atoms with Crippen molar-refractivity contribution in [2.75, 3.05) is 20.3 Å². The maximum Gasteiger partial charge on any atom is 0.187 e. The lowest BCUT2D eigenvalue weighted by Crippen LogP contribution is -2.70. The number of fused-ring (bicyclic) bond motifs is 5. The van der Waals surface area contributed by atoms with E-state index >= 15 is 0 Å². The third-order valence-electron chi connectivity index (χ3n) is 14.9. The van der Waals surface area contributed by atoms with Gasteiger partial charge in [0.05, 0.1) is 49.3 Å². The Morgan fingerprint density at radius 3 is 2.13 bits per heavy atom. The molecule has 21 atom stereocenters. The van der Waals surface area contributed by atoms with Gasteiger partial charge in [-0.3, -0.25) is 0 Å². The van der Waals surface area contributed by atoms with E-state index in [0.29, 0.717) is 32.1 Å². The lowest BCUT2D eigenvalue weighted by Gasteiger charge is -2.66. The summed E-state index contributed by atoms with van der Waals surface area (Å²) in [7, 11) is 1.35. The molecule has 0 bridgehead atoms. The first-order valence-corrected chi connectivity index (χ1v) is 19.6. The Balaban J connectivity index is 1.14. The Morgan fingerprint density at radius 1 is 0.788 bits per heavy atom. The van der Waals surface area contributed by atoms with Crippen molar-refractivity contribution in [3.8, 4) is 0 Å². The molecule has 6 fully saturated rings. The zero-order valence-corrected chi connectivity index (χ0v) is 31.6. The predicted molar refractivity (Wildman–Crippen MR) is 184 cm³/mol. The normalized spacial score (nSPS) is 53.3. The van der Waals surface area contributed by atoms with Crippen LogP contribution in [0.25, 0.3) is 0 Å². The molecule has 4 aliphatic carbocycles. The molecule has 21 unspecified atom stereocenters. The Kier molecular flexibility index (Phi) is 12.2. The zero-order chi connectivity index (χ0) is 38.1. The number of aliphatic hydroxyl groups is 9. The van der Waals surface area contributed by atoms with Crippen LogP contribution in [-0.2, 0) is 23.7 Å². The summed E-state index contributed by atoms with van der Waals surface area (Å²) in [6.45, 7) is 9.79. The van der Waals surface area contributed by atoms with Gasteiger partial charge in [0.15, 0.2) is 12.6 Å². The maximum atomic E-state index is 12.6. The fraction of sp³-hybridized carbons (Fsp3) is 1.00. The fourth-order valence-corrected chi connectivity index (χ4v) is 12.3. The first-order valence-electron chi connectivity index (χ1n) is 19.6. The molecule has 302 valence electrons. The smallest absolute Gasteiger partial charge is 0.187 e. The van der Waals surface area contributed by atoms with E-state index < -0.39 is 108 Å². The molecule has 4 saturated carbocycles. The lowest BCUT2D eigenvalue weighted by atomic mass is 9.41. The van der Waals surface area contributed by atoms with Crippen LogP contribution in [-0.4, -0.2) is 152 Å². The van der Waals surface area contributed by atoms with Crippen LogP contribution >= 0.6 is 0 Å². The molecule has 0 amide bonds. The Morgan fingerprint density at radius 2 is 1.48 bits per heavy atom. The molecular weight excluding hydrogens is 680 g/mol. The number of methoxy groups -OCH3 is 1. The summed E-state index contributed by atoms with van der Waals surface area (Å²) < 4.78 is 29.5. The molecule has 2 heterocycles. The van der Waals surface area contributed by atoms with Crippen LogP contribution in [0.5, 0.6) is 0 Å². The van der Waals surface area contributed by atoms with Gasteiger partial charge in [0, 0.05) is 25.4 Å². The van der Waals surface area contributed by atoms with E-state index in [-0.39, 0.29) is 42.8 Å². The average Bonchev–Trinajstić information content (AvgIpc) is 3.53. The second kappa shape index (κ2) is 15.4. The number of hydrogen-bond donors (Lipinski definition) is 9. The summed E-state index contributed by atoms with van der Waals surface area (Å²) in [5, 5.41) is 98.7. The van der Waals surface area contributed by atoms with Crippen LogP contribution in [0.2, 0.25) is 0 Å². The second-order valence-electron chi connectivity index (χ2n) is 18.1. The first kappa shape index (κ1) is 41.1. The fourth-order valence-electron chi connectivity index (χ4n) is 12.3. The highest BCUT2D eigenvalue weighted by molar-refractivity contribution is 5.21. The largest absolute Gasteiger partial charge is 0.394 e. The highest BCUT2D eigenvalue weighted by Gasteiger charge is 2.71. The summed E-state index contributed by atoms with van der Waals surface area (Å²) >= 11 is 0. The molecule has 2 aliphatic heterocycles. The molecule has 0 spiro atoms. The molecule has 6 rings (SSSR count). The van der Waals surface area contributed by atoms with Crippen molar-refractivity contribution >= 4 is 0 Å². The van der Waals surface area contributed by atoms with E-state index in [0.717, 1.165) is 12.8 Å². The van der Waals surface area contributed by atoms with Crippen LogP contribution in [0, 0.1) is 46.3 Å². The van der Waals surface area contributed by atoms with Crippen molar-refractivity contribution in [1.29, 1.82) is 0 Å². The summed E-state index contributed by atoms with van der Waals surface area (Å²) in [4.78, 5) is 0. The third-order valence-corrected chi connectivity index (χ3v) is 14.9. The molecule has 52 heavy (non-hydrogen) atoms. The summed E-state index contributed by atoms with van der Waals surface area (Å²) in [6.07, 6.45) is -8.58. The van der Waals surface area contributed by atoms with Gasteiger partial charge in [0.2, 0.25) is 0 Å². The van der Waals surface area contributed by atoms with Crippen molar-refractivity contribution in [1.82, 2.24) is 0 Å². The van der Waals surface area contributed by atoms with Crippen LogP contribution in [0.3, 0.4) is 0 Å². The van der Waals surface area contributed by atoms with Gasteiger partial charge in [0.1, 0.15) is 36.6 Å². The molecule has 0 aromatic rings. The van der Waals surface area contributed by atoms with Crippen LogP contribution < -0.4 is 0 Å². The van der Waals surface area contributed by atoms with Gasteiger partial charge in [-0.05, 0) is 79.4 Å². The van der Waals surface area contributed by atoms with Crippen molar-refractivity contribution in [3.05, 3.63) is 0 Å². The standard InChI is InChI=1S/C38H66O14/c1-17(2)24(50-35-32(30(46)25(15-39)51-35)52-34-31(48-6)29(45)23(43)16-49-34)8-7-18(3)19-13-21(41)33-36(19,4)12-10-26-37(5)11-9-20(40)28(44)27(37)22(42)14-38(26,33)47/h17-35,39-47H,7-16H2,1-6H3. The maximum absolute atomic E-state index is 12.6. The minimum Gasteiger partial charge on any atom is -0.394 e. The van der Waals surface area contributed by atoms with Crippen molar-refractivity contribution in [2.45, 2.75) is 171 Å². The predicted octanol–water partition coefficient (Wildman–Crippen LogP) is 0.0474. The molecule has 0 aromatic carbocycles. The van der Waals surface area contributed by atoms with Crippen molar-refractivity contribution in [2.24, 2.45) is 46.3 Å². The molecule has 0 aromatic heterocycles. The van der Waals surface area contributed by atoms with Gasteiger partial charge in [0.25, 0.3) is 0 Å². The van der Waals surface area contributed by atoms with Crippen LogP contribution in [0.1, 0.15) is 86.0 Å². The van der Waals surface area contributed by atoms with Gasteiger partial charge >= 0.3 is 0 Å². The van der Waals surface area contributed by atoms with E-state index in [1.807, 2.05) is 20.8 Å². The SMILES string of the molecule is COC1C(OC2C(OC(CCC(C)C3CC(O)C4C3(C)CCC3C5(C)CCC(O)C(O)C5C(O)CC34O)C(C)C)OC(CO)C2O)OCC(O)C1O. The van der Waals surface area contributed by atoms with Gasteiger partial charge in [-0.25, -0.2) is 0 Å². The Hall–Kier alpha value is -0.560.